The zero-order valence-electron chi connectivity index (χ0n) is 18.1. The van der Waals surface area contributed by atoms with E-state index in [1.165, 1.54) is 0 Å². The summed E-state index contributed by atoms with van der Waals surface area (Å²) >= 11 is 12.0. The lowest BCUT2D eigenvalue weighted by molar-refractivity contribution is 0.128. The summed E-state index contributed by atoms with van der Waals surface area (Å²) in [4.78, 5) is 14.9. The van der Waals surface area contributed by atoms with Crippen LogP contribution >= 0.6 is 23.2 Å². The molecular formula is C20H36Cl2N6. The van der Waals surface area contributed by atoms with Crippen molar-refractivity contribution >= 4 is 29.2 Å². The Morgan fingerprint density at radius 1 is 1.18 bits per heavy atom. The third-order valence-corrected chi connectivity index (χ3v) is 6.37. The van der Waals surface area contributed by atoms with Gasteiger partial charge in [0.05, 0.1) is 0 Å². The number of nitrogens with zero attached hydrogens (tertiary/aromatic N) is 4. The molecule has 0 bridgehead atoms. The van der Waals surface area contributed by atoms with Gasteiger partial charge in [0.25, 0.3) is 0 Å². The first-order valence-electron chi connectivity index (χ1n) is 10.4. The maximum Gasteiger partial charge on any atom is 0.228 e. The minimum atomic E-state index is 0.0479. The first-order valence-corrected chi connectivity index (χ1v) is 11.1. The Bertz CT molecular complexity index is 613. The highest BCUT2D eigenvalue weighted by molar-refractivity contribution is 6.31. The molecule has 160 valence electrons. The van der Waals surface area contributed by atoms with Crippen molar-refractivity contribution in [3.63, 3.8) is 0 Å². The van der Waals surface area contributed by atoms with Gasteiger partial charge in [-0.15, -0.1) is 0 Å². The summed E-state index contributed by atoms with van der Waals surface area (Å²) in [6.07, 6.45) is 3.29. The molecule has 0 radical (unpaired) electrons. The fourth-order valence-electron chi connectivity index (χ4n) is 4.33. The Labute approximate surface area is 180 Å². The van der Waals surface area contributed by atoms with Crippen molar-refractivity contribution in [1.29, 1.82) is 0 Å². The van der Waals surface area contributed by atoms with Crippen molar-refractivity contribution in [2.24, 2.45) is 11.3 Å². The Morgan fingerprint density at radius 2 is 1.79 bits per heavy atom. The smallest absolute Gasteiger partial charge is 0.228 e. The molecule has 0 aromatic carbocycles. The summed E-state index contributed by atoms with van der Waals surface area (Å²) in [5.74, 6) is 0.958. The van der Waals surface area contributed by atoms with Gasteiger partial charge < -0.3 is 15.5 Å². The van der Waals surface area contributed by atoms with Crippen LogP contribution in [-0.4, -0.2) is 57.6 Å². The summed E-state index contributed by atoms with van der Waals surface area (Å²) in [6, 6.07) is 0.207. The predicted octanol–water partition coefficient (Wildman–Crippen LogP) is 4.50. The van der Waals surface area contributed by atoms with Crippen LogP contribution in [0.25, 0.3) is 0 Å². The molecule has 2 heterocycles. The molecule has 1 fully saturated rings. The average molecular weight is 431 g/mol. The molecule has 2 atom stereocenters. The second kappa shape index (κ2) is 9.88. The highest BCUT2D eigenvalue weighted by atomic mass is 35.5. The lowest BCUT2D eigenvalue weighted by Crippen LogP contribution is -2.53. The van der Waals surface area contributed by atoms with E-state index in [-0.39, 0.29) is 27.6 Å². The minimum absolute atomic E-state index is 0.0479. The number of piperidine rings is 1. The molecule has 1 aromatic rings. The third kappa shape index (κ3) is 6.68. The zero-order valence-corrected chi connectivity index (χ0v) is 19.7. The monoisotopic (exact) mass is 430 g/mol. The van der Waals surface area contributed by atoms with Crippen LogP contribution in [0.15, 0.2) is 0 Å². The Morgan fingerprint density at radius 3 is 2.32 bits per heavy atom. The van der Waals surface area contributed by atoms with Crippen molar-refractivity contribution in [1.82, 2.24) is 25.2 Å². The van der Waals surface area contributed by atoms with E-state index in [9.17, 15) is 0 Å². The maximum absolute atomic E-state index is 6.02. The molecular weight excluding hydrogens is 395 g/mol. The molecule has 2 N–H and O–H groups in total. The van der Waals surface area contributed by atoms with Crippen LogP contribution in [0.3, 0.4) is 0 Å². The largest absolute Gasteiger partial charge is 0.351 e. The number of halogens is 2. The van der Waals surface area contributed by atoms with Crippen LogP contribution in [0.2, 0.25) is 10.6 Å². The molecule has 6 nitrogen and oxygen atoms in total. The molecule has 1 aliphatic heterocycles. The van der Waals surface area contributed by atoms with Gasteiger partial charge in [-0.3, -0.25) is 0 Å². The molecule has 0 spiro atoms. The average Bonchev–Trinajstić information content (AvgIpc) is 2.58. The highest BCUT2D eigenvalue weighted by Gasteiger charge is 2.40. The van der Waals surface area contributed by atoms with Crippen LogP contribution in [0.4, 0.5) is 5.95 Å². The normalized spacial score (nSPS) is 21.0. The zero-order chi connectivity index (χ0) is 20.9. The van der Waals surface area contributed by atoms with Gasteiger partial charge in [0.1, 0.15) is 0 Å². The molecule has 1 aliphatic rings. The van der Waals surface area contributed by atoms with Crippen LogP contribution in [0.1, 0.15) is 60.8 Å². The summed E-state index contributed by atoms with van der Waals surface area (Å²) in [7, 11) is 0. The van der Waals surface area contributed by atoms with Crippen LogP contribution < -0.4 is 10.6 Å². The topological polar surface area (TPSA) is 66.0 Å². The van der Waals surface area contributed by atoms with Crippen molar-refractivity contribution in [3.05, 3.63) is 10.6 Å². The van der Waals surface area contributed by atoms with Gasteiger partial charge in [-0.25, -0.2) is 0 Å². The van der Waals surface area contributed by atoms with E-state index in [4.69, 9.17) is 23.2 Å². The minimum Gasteiger partial charge on any atom is -0.351 e. The fraction of sp³-hybridized carbons (Fsp3) is 0.850. The molecule has 2 rings (SSSR count). The van der Waals surface area contributed by atoms with Gasteiger partial charge in [0.2, 0.25) is 16.5 Å². The van der Waals surface area contributed by atoms with E-state index in [0.717, 1.165) is 45.4 Å². The van der Waals surface area contributed by atoms with Gasteiger partial charge in [0, 0.05) is 11.6 Å². The standard InChI is InChI=1S/C20H36Cl2N6/c1-7-28(8-2)12-10-19(3,4)15(14-9-11-23-20(5,6)13-14)24-18-26-16(21)25-17(22)27-18/h14-15,23H,7-13H2,1-6H3,(H,24,25,26,27). The predicted molar refractivity (Wildman–Crippen MR) is 118 cm³/mol. The molecule has 0 aliphatic carbocycles. The highest BCUT2D eigenvalue weighted by Crippen LogP contribution is 2.38. The van der Waals surface area contributed by atoms with E-state index >= 15 is 0 Å². The number of nitrogens with one attached hydrogen (secondary N) is 2. The van der Waals surface area contributed by atoms with Crippen molar-refractivity contribution < 1.29 is 0 Å². The van der Waals surface area contributed by atoms with E-state index in [1.54, 1.807) is 0 Å². The van der Waals surface area contributed by atoms with Crippen molar-refractivity contribution in [2.75, 3.05) is 31.5 Å². The van der Waals surface area contributed by atoms with Gasteiger partial charge >= 0.3 is 0 Å². The molecule has 28 heavy (non-hydrogen) atoms. The summed E-state index contributed by atoms with van der Waals surface area (Å²) in [6.45, 7) is 17.9. The van der Waals surface area contributed by atoms with Gasteiger partial charge in [-0.1, -0.05) is 27.7 Å². The first-order chi connectivity index (χ1) is 13.1. The Kier molecular flexibility index (Phi) is 8.32. The van der Waals surface area contributed by atoms with Crippen molar-refractivity contribution in [3.8, 4) is 0 Å². The maximum atomic E-state index is 6.02. The van der Waals surface area contributed by atoms with Crippen LogP contribution in [-0.2, 0) is 0 Å². The number of rotatable bonds is 9. The van der Waals surface area contributed by atoms with Crippen LogP contribution in [0, 0.1) is 11.3 Å². The number of aromatic nitrogens is 3. The van der Waals surface area contributed by atoms with Crippen LogP contribution in [0.5, 0.6) is 0 Å². The second-order valence-corrected chi connectivity index (χ2v) is 9.82. The lowest BCUT2D eigenvalue weighted by Gasteiger charge is -2.46. The Balaban J connectivity index is 2.26. The second-order valence-electron chi connectivity index (χ2n) is 9.15. The number of hydrogen-bond acceptors (Lipinski definition) is 6. The quantitative estimate of drug-likeness (QED) is 0.601. The molecule has 0 amide bonds. The van der Waals surface area contributed by atoms with Gasteiger partial charge in [-0.2, -0.15) is 15.0 Å². The Hall–Kier alpha value is -0.690. The van der Waals surface area contributed by atoms with E-state index in [1.807, 2.05) is 0 Å². The molecule has 8 heteroatoms. The molecule has 2 unspecified atom stereocenters. The van der Waals surface area contributed by atoms with Gasteiger partial charge in [-0.05, 0) is 93.8 Å². The molecule has 1 aromatic heterocycles. The summed E-state index contributed by atoms with van der Waals surface area (Å²) in [5, 5.41) is 7.45. The molecule has 0 saturated carbocycles. The summed E-state index contributed by atoms with van der Waals surface area (Å²) in [5.41, 5.74) is 0.165. The first kappa shape index (κ1) is 23.6. The lowest BCUT2D eigenvalue weighted by atomic mass is 9.69. The van der Waals surface area contributed by atoms with Gasteiger partial charge in [0.15, 0.2) is 0 Å². The summed E-state index contributed by atoms with van der Waals surface area (Å²) < 4.78 is 0. The van der Waals surface area contributed by atoms with E-state index in [2.05, 4.69) is 72.0 Å². The number of hydrogen-bond donors (Lipinski definition) is 2. The SMILES string of the molecule is CCN(CC)CCC(C)(C)C(Nc1nc(Cl)nc(Cl)n1)C1CCNC(C)(C)C1. The van der Waals surface area contributed by atoms with E-state index < -0.39 is 0 Å². The van der Waals surface area contributed by atoms with E-state index in [0.29, 0.717) is 11.9 Å². The van der Waals surface area contributed by atoms with Crippen molar-refractivity contribution in [2.45, 2.75) is 72.4 Å². The molecule has 1 saturated heterocycles. The fourth-order valence-corrected chi connectivity index (χ4v) is 4.70. The third-order valence-electron chi connectivity index (χ3n) is 6.04. The number of anilines is 1.